The minimum Gasteiger partial charge on any atom is -0.326 e. The highest BCUT2D eigenvalue weighted by atomic mass is 79.9. The highest BCUT2D eigenvalue weighted by Crippen LogP contribution is 2.26. The molecule has 1 rings (SSSR count). The number of nitrogens with one attached hydrogen (secondary N) is 1. The molecule has 1 N–H and O–H groups in total. The number of alkyl halides is 1. The number of anilines is 1. The van der Waals surface area contributed by atoms with Crippen molar-refractivity contribution in [2.45, 2.75) is 26.2 Å². The molecular formula is C12H16BrNO. The molecule has 0 aliphatic rings. The second-order valence-electron chi connectivity index (χ2n) is 4.28. The van der Waals surface area contributed by atoms with Gasteiger partial charge < -0.3 is 5.32 Å². The van der Waals surface area contributed by atoms with Crippen LogP contribution < -0.4 is 5.32 Å². The number of amides is 1. The Bertz CT molecular complexity index is 343. The van der Waals surface area contributed by atoms with Gasteiger partial charge in [0.25, 0.3) is 0 Å². The van der Waals surface area contributed by atoms with Gasteiger partial charge in [0.2, 0.25) is 5.91 Å². The van der Waals surface area contributed by atoms with E-state index in [1.54, 1.807) is 0 Å². The number of benzene rings is 1. The molecule has 0 atom stereocenters. The predicted octanol–water partition coefficient (Wildman–Crippen LogP) is 3.32. The van der Waals surface area contributed by atoms with Gasteiger partial charge in [-0.25, -0.2) is 0 Å². The molecule has 1 aromatic rings. The van der Waals surface area contributed by atoms with E-state index in [0.29, 0.717) is 0 Å². The van der Waals surface area contributed by atoms with E-state index in [-0.39, 0.29) is 11.3 Å². The fourth-order valence-corrected chi connectivity index (χ4v) is 1.61. The molecule has 0 saturated carbocycles. The largest absolute Gasteiger partial charge is 0.326 e. The van der Waals surface area contributed by atoms with Crippen molar-refractivity contribution in [1.82, 2.24) is 0 Å². The molecule has 0 heterocycles. The maximum Gasteiger partial charge on any atom is 0.221 e. The molecular weight excluding hydrogens is 254 g/mol. The fourth-order valence-electron chi connectivity index (χ4n) is 1.29. The predicted molar refractivity (Wildman–Crippen MR) is 67.6 cm³/mol. The Labute approximate surface area is 99.2 Å². The second-order valence-corrected chi connectivity index (χ2v) is 4.84. The number of halogens is 1. The van der Waals surface area contributed by atoms with Crippen molar-refractivity contribution in [1.29, 1.82) is 0 Å². The van der Waals surface area contributed by atoms with Crippen LogP contribution in [0.2, 0.25) is 0 Å². The van der Waals surface area contributed by atoms with E-state index < -0.39 is 0 Å². The van der Waals surface area contributed by atoms with Crippen molar-refractivity contribution in [3.05, 3.63) is 29.8 Å². The maximum atomic E-state index is 10.8. The lowest BCUT2D eigenvalue weighted by atomic mass is 9.87. The van der Waals surface area contributed by atoms with Crippen LogP contribution in [0, 0.1) is 0 Å². The summed E-state index contributed by atoms with van der Waals surface area (Å²) in [6.07, 6.45) is 0. The quantitative estimate of drug-likeness (QED) is 0.839. The summed E-state index contributed by atoms with van der Waals surface area (Å²) in [6.45, 7) is 5.86. The summed E-state index contributed by atoms with van der Waals surface area (Å²) < 4.78 is 0. The van der Waals surface area contributed by atoms with E-state index in [1.165, 1.54) is 12.5 Å². The highest BCUT2D eigenvalue weighted by molar-refractivity contribution is 9.09. The Balaban J connectivity index is 2.85. The van der Waals surface area contributed by atoms with E-state index in [1.807, 2.05) is 24.3 Å². The van der Waals surface area contributed by atoms with Gasteiger partial charge in [0.15, 0.2) is 0 Å². The molecule has 82 valence electrons. The van der Waals surface area contributed by atoms with Gasteiger partial charge in [-0.3, -0.25) is 4.79 Å². The normalized spacial score (nSPS) is 11.2. The number of hydrogen-bond donors (Lipinski definition) is 1. The summed E-state index contributed by atoms with van der Waals surface area (Å²) >= 11 is 3.50. The fraction of sp³-hybridized carbons (Fsp3) is 0.417. The Hall–Kier alpha value is -0.830. The topological polar surface area (TPSA) is 29.1 Å². The zero-order valence-electron chi connectivity index (χ0n) is 9.30. The van der Waals surface area contributed by atoms with Crippen LogP contribution in [0.25, 0.3) is 0 Å². The number of rotatable bonds is 3. The first-order valence-electron chi connectivity index (χ1n) is 4.90. The summed E-state index contributed by atoms with van der Waals surface area (Å²) in [4.78, 5) is 10.8. The van der Waals surface area contributed by atoms with Crippen molar-refractivity contribution < 1.29 is 4.79 Å². The molecule has 0 spiro atoms. The number of hydrogen-bond acceptors (Lipinski definition) is 1. The SMILES string of the molecule is CC(=O)Nc1ccc(C(C)(C)CBr)cc1. The molecule has 0 bridgehead atoms. The van der Waals surface area contributed by atoms with E-state index in [2.05, 4.69) is 35.1 Å². The Morgan fingerprint density at radius 2 is 1.87 bits per heavy atom. The molecule has 0 aliphatic carbocycles. The Morgan fingerprint density at radius 3 is 2.27 bits per heavy atom. The lowest BCUT2D eigenvalue weighted by Crippen LogP contribution is -2.18. The van der Waals surface area contributed by atoms with E-state index in [9.17, 15) is 4.79 Å². The van der Waals surface area contributed by atoms with Crippen LogP contribution in [-0.4, -0.2) is 11.2 Å². The maximum absolute atomic E-state index is 10.8. The lowest BCUT2D eigenvalue weighted by molar-refractivity contribution is -0.114. The molecule has 0 saturated heterocycles. The summed E-state index contributed by atoms with van der Waals surface area (Å²) in [5.41, 5.74) is 2.22. The Morgan fingerprint density at radius 1 is 1.33 bits per heavy atom. The first-order valence-corrected chi connectivity index (χ1v) is 6.02. The van der Waals surface area contributed by atoms with Crippen LogP contribution in [0.4, 0.5) is 5.69 Å². The third kappa shape index (κ3) is 3.34. The van der Waals surface area contributed by atoms with Crippen molar-refractivity contribution in [2.75, 3.05) is 10.6 Å². The van der Waals surface area contributed by atoms with Crippen LogP contribution in [0.15, 0.2) is 24.3 Å². The summed E-state index contributed by atoms with van der Waals surface area (Å²) in [7, 11) is 0. The number of carbonyl (C=O) groups excluding carboxylic acids is 1. The minimum atomic E-state index is -0.0394. The van der Waals surface area contributed by atoms with Gasteiger partial charge in [-0.05, 0) is 23.1 Å². The third-order valence-corrected chi connectivity index (χ3v) is 3.72. The van der Waals surface area contributed by atoms with Gasteiger partial charge in [-0.15, -0.1) is 0 Å². The molecule has 0 unspecified atom stereocenters. The van der Waals surface area contributed by atoms with E-state index in [4.69, 9.17) is 0 Å². The first kappa shape index (κ1) is 12.2. The molecule has 1 amide bonds. The van der Waals surface area contributed by atoms with Crippen molar-refractivity contribution in [2.24, 2.45) is 0 Å². The zero-order chi connectivity index (χ0) is 11.5. The number of carbonyl (C=O) groups is 1. The van der Waals surface area contributed by atoms with Crippen molar-refractivity contribution in [3.8, 4) is 0 Å². The molecule has 1 aromatic carbocycles. The van der Waals surface area contributed by atoms with Gasteiger partial charge in [-0.1, -0.05) is 41.9 Å². The zero-order valence-corrected chi connectivity index (χ0v) is 10.9. The monoisotopic (exact) mass is 269 g/mol. The third-order valence-electron chi connectivity index (χ3n) is 2.32. The molecule has 15 heavy (non-hydrogen) atoms. The van der Waals surface area contributed by atoms with E-state index >= 15 is 0 Å². The summed E-state index contributed by atoms with van der Waals surface area (Å²) in [5.74, 6) is -0.0394. The van der Waals surface area contributed by atoms with Gasteiger partial charge >= 0.3 is 0 Å². The van der Waals surface area contributed by atoms with Crippen LogP contribution in [0.3, 0.4) is 0 Å². The summed E-state index contributed by atoms with van der Waals surface area (Å²) in [6, 6.07) is 7.96. The van der Waals surface area contributed by atoms with Crippen molar-refractivity contribution >= 4 is 27.5 Å². The Kier molecular flexibility index (Phi) is 3.91. The van der Waals surface area contributed by atoms with Crippen LogP contribution >= 0.6 is 15.9 Å². The summed E-state index contributed by atoms with van der Waals surface area (Å²) in [5, 5.41) is 3.67. The molecule has 0 aromatic heterocycles. The molecule has 0 radical (unpaired) electrons. The molecule has 0 aliphatic heterocycles. The van der Waals surface area contributed by atoms with Crippen molar-refractivity contribution in [3.63, 3.8) is 0 Å². The molecule has 3 heteroatoms. The van der Waals surface area contributed by atoms with Crippen LogP contribution in [0.1, 0.15) is 26.3 Å². The van der Waals surface area contributed by atoms with Gasteiger partial charge in [-0.2, -0.15) is 0 Å². The van der Waals surface area contributed by atoms with Gasteiger partial charge in [0.1, 0.15) is 0 Å². The average Bonchev–Trinajstić information content (AvgIpc) is 2.18. The second kappa shape index (κ2) is 4.79. The van der Waals surface area contributed by atoms with Gasteiger partial charge in [0.05, 0.1) is 0 Å². The molecule has 2 nitrogen and oxygen atoms in total. The van der Waals surface area contributed by atoms with Crippen LogP contribution in [0.5, 0.6) is 0 Å². The highest BCUT2D eigenvalue weighted by Gasteiger charge is 2.18. The smallest absolute Gasteiger partial charge is 0.221 e. The van der Waals surface area contributed by atoms with E-state index in [0.717, 1.165) is 11.0 Å². The van der Waals surface area contributed by atoms with Crippen LogP contribution in [-0.2, 0) is 10.2 Å². The standard InChI is InChI=1S/C12H16BrNO/c1-9(15)14-11-6-4-10(5-7-11)12(2,3)8-13/h4-7H,8H2,1-3H3,(H,14,15). The molecule has 0 fully saturated rings. The lowest BCUT2D eigenvalue weighted by Gasteiger charge is -2.22. The average molecular weight is 270 g/mol. The minimum absolute atomic E-state index is 0.0394. The first-order chi connectivity index (χ1) is 6.95. The van der Waals surface area contributed by atoms with Gasteiger partial charge in [0, 0.05) is 17.9 Å².